The van der Waals surface area contributed by atoms with Crippen molar-refractivity contribution in [1.29, 1.82) is 0 Å². The monoisotopic (exact) mass is 573 g/mol. The average molecular weight is 574 g/mol. The molecule has 0 spiro atoms. The highest BCUT2D eigenvalue weighted by Crippen LogP contribution is 2.21. The largest absolute Gasteiger partial charge is 0.370 e. The van der Waals surface area contributed by atoms with Crippen molar-refractivity contribution in [3.05, 3.63) is 35.7 Å². The predicted octanol–water partition coefficient (Wildman–Crippen LogP) is 3.17. The minimum atomic E-state index is 0. The van der Waals surface area contributed by atoms with Crippen molar-refractivity contribution in [3.63, 3.8) is 0 Å². The molecule has 1 aromatic heterocycles. The number of guanidine groups is 1. The highest BCUT2D eigenvalue weighted by molar-refractivity contribution is 14.0. The summed E-state index contributed by atoms with van der Waals surface area (Å²) in [5.74, 6) is 4.37. The molecule has 2 aliphatic heterocycles. The Labute approximate surface area is 210 Å². The lowest BCUT2D eigenvalue weighted by Gasteiger charge is -2.36. The molecule has 31 heavy (non-hydrogen) atoms. The summed E-state index contributed by atoms with van der Waals surface area (Å²) in [4.78, 5) is 16.3. The molecule has 0 amide bonds. The lowest BCUT2D eigenvalue weighted by atomic mass is 10.2. The van der Waals surface area contributed by atoms with Gasteiger partial charge in [0.2, 0.25) is 5.13 Å². The van der Waals surface area contributed by atoms with Gasteiger partial charge in [-0.15, -0.1) is 24.0 Å². The van der Waals surface area contributed by atoms with Gasteiger partial charge in [-0.25, -0.2) is 4.98 Å². The first kappa shape index (κ1) is 24.4. The first-order valence-electron chi connectivity index (χ1n) is 10.7. The maximum atomic E-state index is 4.62. The summed E-state index contributed by atoms with van der Waals surface area (Å²) in [7, 11) is 1.87. The number of hydrogen-bond donors (Lipinski definition) is 1. The van der Waals surface area contributed by atoms with Gasteiger partial charge < -0.3 is 20.0 Å². The third kappa shape index (κ3) is 6.38. The fourth-order valence-corrected chi connectivity index (χ4v) is 5.49. The van der Waals surface area contributed by atoms with Gasteiger partial charge >= 0.3 is 0 Å². The van der Waals surface area contributed by atoms with E-state index in [2.05, 4.69) is 65.6 Å². The summed E-state index contributed by atoms with van der Waals surface area (Å²) >= 11 is 3.56. The van der Waals surface area contributed by atoms with Gasteiger partial charge in [0.25, 0.3) is 0 Å². The van der Waals surface area contributed by atoms with Crippen LogP contribution in [-0.2, 0) is 13.0 Å². The maximum Gasteiger partial charge on any atom is 0.205 e. The van der Waals surface area contributed by atoms with Gasteiger partial charge in [0.1, 0.15) is 5.82 Å². The first-order chi connectivity index (χ1) is 14.8. The van der Waals surface area contributed by atoms with E-state index >= 15 is 0 Å². The van der Waals surface area contributed by atoms with E-state index in [1.165, 1.54) is 34.3 Å². The van der Waals surface area contributed by atoms with Gasteiger partial charge in [0.15, 0.2) is 5.96 Å². The van der Waals surface area contributed by atoms with Crippen LogP contribution in [0.15, 0.2) is 29.3 Å². The Hall–Kier alpha value is -1.27. The van der Waals surface area contributed by atoms with Crippen LogP contribution in [0.1, 0.15) is 18.3 Å². The van der Waals surface area contributed by atoms with E-state index in [1.54, 1.807) is 0 Å². The molecule has 170 valence electrons. The van der Waals surface area contributed by atoms with Crippen LogP contribution >= 0.6 is 47.3 Å². The molecule has 1 aromatic carbocycles. The highest BCUT2D eigenvalue weighted by atomic mass is 127. The molecule has 0 bridgehead atoms. The van der Waals surface area contributed by atoms with Gasteiger partial charge in [-0.05, 0) is 17.7 Å². The van der Waals surface area contributed by atoms with Crippen molar-refractivity contribution in [3.8, 4) is 0 Å². The number of nitrogens with one attached hydrogen (secondary N) is 1. The van der Waals surface area contributed by atoms with Crippen molar-refractivity contribution >= 4 is 64.0 Å². The van der Waals surface area contributed by atoms with Gasteiger partial charge in [-0.2, -0.15) is 16.1 Å². The zero-order chi connectivity index (χ0) is 20.8. The maximum absolute atomic E-state index is 4.62. The van der Waals surface area contributed by atoms with Crippen LogP contribution in [0.5, 0.6) is 0 Å². The number of thioether (sulfide) groups is 1. The van der Waals surface area contributed by atoms with E-state index in [0.29, 0.717) is 0 Å². The van der Waals surface area contributed by atoms with Crippen LogP contribution in [0.4, 0.5) is 10.8 Å². The van der Waals surface area contributed by atoms with Gasteiger partial charge in [0, 0.05) is 88.0 Å². The van der Waals surface area contributed by atoms with E-state index in [0.717, 1.165) is 69.1 Å². The Bertz CT molecular complexity index is 829. The van der Waals surface area contributed by atoms with E-state index in [9.17, 15) is 0 Å². The van der Waals surface area contributed by atoms with Crippen LogP contribution in [0.25, 0.3) is 0 Å². The Morgan fingerprint density at radius 1 is 1.03 bits per heavy atom. The van der Waals surface area contributed by atoms with Crippen LogP contribution in [0.3, 0.4) is 0 Å². The second-order valence-corrected chi connectivity index (χ2v) is 9.44. The highest BCUT2D eigenvalue weighted by Gasteiger charge is 2.22. The Morgan fingerprint density at radius 3 is 2.35 bits per heavy atom. The topological polar surface area (TPSA) is 59.9 Å². The Morgan fingerprint density at radius 2 is 1.74 bits per heavy atom. The van der Waals surface area contributed by atoms with Crippen LogP contribution in [0.2, 0.25) is 0 Å². The standard InChI is InChI=1S/C21H31N7S2.HI/c1-3-19-24-21(30-25-19)28-10-8-27(9-11-28)20(22-2)23-16-17-4-6-18(7-5-17)26-12-14-29-15-13-26;/h4-7H,3,8-16H2,1-2H3,(H,22,23);1H. The zero-order valence-corrected chi connectivity index (χ0v) is 22.3. The van der Waals surface area contributed by atoms with Crippen molar-refractivity contribution in [2.24, 2.45) is 4.99 Å². The second kappa shape index (κ2) is 12.1. The minimum absolute atomic E-state index is 0. The molecule has 0 unspecified atom stereocenters. The Balaban J connectivity index is 0.00000272. The van der Waals surface area contributed by atoms with Crippen molar-refractivity contribution < 1.29 is 0 Å². The average Bonchev–Trinajstić information content (AvgIpc) is 3.30. The number of rotatable bonds is 5. The molecule has 1 N–H and O–H groups in total. The number of piperazine rings is 1. The summed E-state index contributed by atoms with van der Waals surface area (Å²) in [5, 5.41) is 4.58. The normalized spacial score (nSPS) is 17.5. The number of nitrogens with zero attached hydrogens (tertiary/aromatic N) is 6. The molecule has 4 rings (SSSR count). The third-order valence-electron chi connectivity index (χ3n) is 5.60. The molecule has 10 heteroatoms. The number of aliphatic imine (C=N–C) groups is 1. The van der Waals surface area contributed by atoms with Crippen molar-refractivity contribution in [2.45, 2.75) is 19.9 Å². The lowest BCUT2D eigenvalue weighted by Crippen LogP contribution is -2.52. The van der Waals surface area contributed by atoms with Gasteiger partial charge in [-0.1, -0.05) is 19.1 Å². The SMILES string of the molecule is CCc1nsc(N2CCN(C(=NC)NCc3ccc(N4CCSCC4)cc3)CC2)n1.I. The summed E-state index contributed by atoms with van der Waals surface area (Å²) in [6.45, 7) is 8.96. The first-order valence-corrected chi connectivity index (χ1v) is 12.6. The van der Waals surface area contributed by atoms with E-state index in [-0.39, 0.29) is 24.0 Å². The smallest absolute Gasteiger partial charge is 0.205 e. The number of anilines is 2. The van der Waals surface area contributed by atoms with E-state index < -0.39 is 0 Å². The molecule has 0 radical (unpaired) electrons. The number of aryl methyl sites for hydroxylation is 1. The Kier molecular flexibility index (Phi) is 9.51. The number of aromatic nitrogens is 2. The fourth-order valence-electron chi connectivity index (χ4n) is 3.79. The molecule has 0 saturated carbocycles. The zero-order valence-electron chi connectivity index (χ0n) is 18.3. The summed E-state index contributed by atoms with van der Waals surface area (Å²) < 4.78 is 4.41. The molecular weight excluding hydrogens is 541 g/mol. The molecule has 2 saturated heterocycles. The van der Waals surface area contributed by atoms with E-state index in [4.69, 9.17) is 0 Å². The molecule has 2 aliphatic rings. The van der Waals surface area contributed by atoms with Crippen LogP contribution < -0.4 is 15.1 Å². The lowest BCUT2D eigenvalue weighted by molar-refractivity contribution is 0.372. The number of hydrogen-bond acceptors (Lipinski definition) is 7. The fraction of sp³-hybridized carbons (Fsp3) is 0.571. The molecule has 2 fully saturated rings. The van der Waals surface area contributed by atoms with Gasteiger partial charge in [0.05, 0.1) is 0 Å². The summed E-state index contributed by atoms with van der Waals surface area (Å²) in [5.41, 5.74) is 2.62. The van der Waals surface area contributed by atoms with Crippen molar-refractivity contribution in [1.82, 2.24) is 19.6 Å². The molecule has 2 aromatic rings. The van der Waals surface area contributed by atoms with Crippen LogP contribution in [-0.4, -0.2) is 78.0 Å². The second-order valence-electron chi connectivity index (χ2n) is 7.49. The van der Waals surface area contributed by atoms with Crippen molar-refractivity contribution in [2.75, 3.05) is 67.6 Å². The number of benzene rings is 1. The molecule has 7 nitrogen and oxygen atoms in total. The summed E-state index contributed by atoms with van der Waals surface area (Å²) in [6, 6.07) is 8.97. The summed E-state index contributed by atoms with van der Waals surface area (Å²) in [6.07, 6.45) is 0.894. The number of halogens is 1. The minimum Gasteiger partial charge on any atom is -0.370 e. The van der Waals surface area contributed by atoms with Gasteiger partial charge in [-0.3, -0.25) is 4.99 Å². The predicted molar refractivity (Wildman–Crippen MR) is 145 cm³/mol. The van der Waals surface area contributed by atoms with Crippen LogP contribution in [0, 0.1) is 0 Å². The molecule has 0 aliphatic carbocycles. The molecular formula is C21H32IN7S2. The molecule has 3 heterocycles. The van der Waals surface area contributed by atoms with E-state index in [1.807, 2.05) is 18.8 Å². The molecule has 0 atom stereocenters. The third-order valence-corrected chi connectivity index (χ3v) is 7.36. The quantitative estimate of drug-likeness (QED) is 0.335.